The van der Waals surface area contributed by atoms with E-state index in [4.69, 9.17) is 5.11 Å². The molecule has 2 rings (SSSR count). The first kappa shape index (κ1) is 11.8. The van der Waals surface area contributed by atoms with Gasteiger partial charge in [0.05, 0.1) is 0 Å². The van der Waals surface area contributed by atoms with Crippen LogP contribution in [0.4, 0.5) is 4.79 Å². The lowest BCUT2D eigenvalue weighted by Gasteiger charge is -2.31. The van der Waals surface area contributed by atoms with Crippen LogP contribution in [0, 0.1) is 6.92 Å². The van der Waals surface area contributed by atoms with E-state index in [0.29, 0.717) is 13.1 Å². The van der Waals surface area contributed by atoms with Gasteiger partial charge in [0.25, 0.3) is 0 Å². The number of benzene rings is 1. The smallest absolute Gasteiger partial charge is 0.407 e. The summed E-state index contributed by atoms with van der Waals surface area (Å²) < 4.78 is 0. The second-order valence-corrected chi connectivity index (χ2v) is 4.61. The molecule has 0 bridgehead atoms. The van der Waals surface area contributed by atoms with Gasteiger partial charge in [0.1, 0.15) is 5.75 Å². The number of hydrogen-bond donors (Lipinski definition) is 2. The van der Waals surface area contributed by atoms with Gasteiger partial charge in [-0.2, -0.15) is 0 Å². The molecule has 92 valence electrons. The molecule has 0 aliphatic carbocycles. The molecule has 1 atom stereocenters. The Labute approximate surface area is 100 Å². The van der Waals surface area contributed by atoms with Gasteiger partial charge in [0, 0.05) is 19.0 Å². The highest BCUT2D eigenvalue weighted by molar-refractivity contribution is 5.65. The van der Waals surface area contributed by atoms with Crippen LogP contribution < -0.4 is 0 Å². The molecule has 2 N–H and O–H groups in total. The van der Waals surface area contributed by atoms with Crippen molar-refractivity contribution in [3.63, 3.8) is 0 Å². The minimum atomic E-state index is -0.856. The van der Waals surface area contributed by atoms with Crippen LogP contribution in [0.1, 0.15) is 29.9 Å². The highest BCUT2D eigenvalue weighted by atomic mass is 16.4. The zero-order valence-electron chi connectivity index (χ0n) is 9.89. The third kappa shape index (κ3) is 2.52. The van der Waals surface area contributed by atoms with E-state index >= 15 is 0 Å². The van der Waals surface area contributed by atoms with E-state index in [2.05, 4.69) is 0 Å². The van der Waals surface area contributed by atoms with Crippen LogP contribution in [0.3, 0.4) is 0 Å². The number of hydrogen-bond acceptors (Lipinski definition) is 2. The predicted molar refractivity (Wildman–Crippen MR) is 64.4 cm³/mol. The first-order valence-electron chi connectivity index (χ1n) is 5.85. The minimum absolute atomic E-state index is 0.200. The van der Waals surface area contributed by atoms with Crippen LogP contribution in [-0.4, -0.2) is 34.3 Å². The van der Waals surface area contributed by atoms with E-state index < -0.39 is 6.09 Å². The minimum Gasteiger partial charge on any atom is -0.508 e. The van der Waals surface area contributed by atoms with E-state index in [0.717, 1.165) is 24.0 Å². The lowest BCUT2D eigenvalue weighted by molar-refractivity contribution is 0.130. The van der Waals surface area contributed by atoms with Crippen molar-refractivity contribution in [3.05, 3.63) is 29.3 Å². The van der Waals surface area contributed by atoms with Gasteiger partial charge in [-0.15, -0.1) is 0 Å². The maximum Gasteiger partial charge on any atom is 0.407 e. The fourth-order valence-corrected chi connectivity index (χ4v) is 2.30. The largest absolute Gasteiger partial charge is 0.508 e. The quantitative estimate of drug-likeness (QED) is 0.786. The van der Waals surface area contributed by atoms with Gasteiger partial charge in [-0.05, 0) is 37.0 Å². The Balaban J connectivity index is 2.16. The summed E-state index contributed by atoms with van der Waals surface area (Å²) in [5.41, 5.74) is 1.87. The number of carbonyl (C=O) groups is 1. The molecule has 1 saturated heterocycles. The number of phenols is 1. The summed E-state index contributed by atoms with van der Waals surface area (Å²) in [5.74, 6) is 0.487. The Morgan fingerprint density at radius 1 is 1.47 bits per heavy atom. The van der Waals surface area contributed by atoms with Crippen molar-refractivity contribution >= 4 is 6.09 Å². The summed E-state index contributed by atoms with van der Waals surface area (Å²) in [6.07, 6.45) is 1.00. The zero-order chi connectivity index (χ0) is 12.4. The van der Waals surface area contributed by atoms with E-state index in [1.54, 1.807) is 6.07 Å². The predicted octanol–water partition coefficient (Wildman–Crippen LogP) is 2.56. The summed E-state index contributed by atoms with van der Waals surface area (Å²) in [6, 6.07) is 5.61. The normalized spacial score (nSPS) is 20.3. The third-order valence-electron chi connectivity index (χ3n) is 3.40. The second kappa shape index (κ2) is 4.65. The van der Waals surface area contributed by atoms with Crippen molar-refractivity contribution < 1.29 is 15.0 Å². The van der Waals surface area contributed by atoms with Crippen LogP contribution in [0.15, 0.2) is 18.2 Å². The van der Waals surface area contributed by atoms with Gasteiger partial charge < -0.3 is 15.1 Å². The van der Waals surface area contributed by atoms with E-state index in [9.17, 15) is 9.90 Å². The molecular formula is C13H17NO3. The van der Waals surface area contributed by atoms with E-state index in [1.165, 1.54) is 4.90 Å². The number of carboxylic acid groups (broad SMARTS) is 1. The van der Waals surface area contributed by atoms with Gasteiger partial charge >= 0.3 is 6.09 Å². The molecule has 1 heterocycles. The van der Waals surface area contributed by atoms with Crippen molar-refractivity contribution in [1.82, 2.24) is 4.90 Å². The van der Waals surface area contributed by atoms with Gasteiger partial charge in [-0.1, -0.05) is 12.1 Å². The van der Waals surface area contributed by atoms with Crippen LogP contribution in [0.25, 0.3) is 0 Å². The molecule has 0 aromatic heterocycles. The number of amides is 1. The average Bonchev–Trinajstić information content (AvgIpc) is 2.33. The summed E-state index contributed by atoms with van der Waals surface area (Å²) in [7, 11) is 0. The third-order valence-corrected chi connectivity index (χ3v) is 3.40. The molecule has 1 aromatic carbocycles. The van der Waals surface area contributed by atoms with Crippen LogP contribution >= 0.6 is 0 Å². The van der Waals surface area contributed by atoms with Gasteiger partial charge in [0.2, 0.25) is 0 Å². The molecule has 4 heteroatoms. The molecule has 1 aromatic rings. The highest BCUT2D eigenvalue weighted by Crippen LogP contribution is 2.30. The Morgan fingerprint density at radius 2 is 2.24 bits per heavy atom. The van der Waals surface area contributed by atoms with Crippen molar-refractivity contribution in [2.24, 2.45) is 0 Å². The van der Waals surface area contributed by atoms with Crippen molar-refractivity contribution in [2.45, 2.75) is 25.7 Å². The second-order valence-electron chi connectivity index (χ2n) is 4.61. The fourth-order valence-electron chi connectivity index (χ4n) is 2.30. The molecule has 1 fully saturated rings. The SMILES string of the molecule is Cc1ccc(C2CCCN(C(=O)O)C2)cc1O. The monoisotopic (exact) mass is 235 g/mol. The van der Waals surface area contributed by atoms with E-state index in [1.807, 2.05) is 19.1 Å². The Hall–Kier alpha value is -1.71. The maximum atomic E-state index is 10.9. The first-order chi connectivity index (χ1) is 8.08. The summed E-state index contributed by atoms with van der Waals surface area (Å²) >= 11 is 0. The molecule has 4 nitrogen and oxygen atoms in total. The molecule has 1 aliphatic rings. The molecule has 1 amide bonds. The summed E-state index contributed by atoms with van der Waals surface area (Å²) in [6.45, 7) is 2.99. The Morgan fingerprint density at radius 3 is 2.88 bits per heavy atom. The number of piperidine rings is 1. The van der Waals surface area contributed by atoms with Gasteiger partial charge in [0.15, 0.2) is 0 Å². The number of rotatable bonds is 1. The number of aromatic hydroxyl groups is 1. The lowest BCUT2D eigenvalue weighted by atomic mass is 9.90. The molecule has 0 saturated carbocycles. The topological polar surface area (TPSA) is 60.8 Å². The zero-order valence-corrected chi connectivity index (χ0v) is 9.89. The van der Waals surface area contributed by atoms with Crippen molar-refractivity contribution in [2.75, 3.05) is 13.1 Å². The van der Waals surface area contributed by atoms with Crippen LogP contribution in [0.2, 0.25) is 0 Å². The summed E-state index contributed by atoms with van der Waals surface area (Å²) in [5, 5.41) is 18.7. The molecule has 1 aliphatic heterocycles. The van der Waals surface area contributed by atoms with E-state index in [-0.39, 0.29) is 11.7 Å². The number of aryl methyl sites for hydroxylation is 1. The molecule has 1 unspecified atom stereocenters. The number of phenolic OH excluding ortho intramolecular Hbond substituents is 1. The summed E-state index contributed by atoms with van der Waals surface area (Å²) in [4.78, 5) is 12.4. The average molecular weight is 235 g/mol. The standard InChI is InChI=1S/C13H17NO3/c1-9-4-5-10(7-12(9)15)11-3-2-6-14(8-11)13(16)17/h4-5,7,11,15H,2-3,6,8H2,1H3,(H,16,17). The van der Waals surface area contributed by atoms with Crippen LogP contribution in [0.5, 0.6) is 5.75 Å². The van der Waals surface area contributed by atoms with Crippen molar-refractivity contribution in [3.8, 4) is 5.75 Å². The number of likely N-dealkylation sites (tertiary alicyclic amines) is 1. The molecule has 0 spiro atoms. The van der Waals surface area contributed by atoms with Gasteiger partial charge in [-0.3, -0.25) is 0 Å². The van der Waals surface area contributed by atoms with Crippen LogP contribution in [-0.2, 0) is 0 Å². The lowest BCUT2D eigenvalue weighted by Crippen LogP contribution is -2.38. The Bertz CT molecular complexity index is 431. The van der Waals surface area contributed by atoms with Gasteiger partial charge in [-0.25, -0.2) is 4.79 Å². The maximum absolute atomic E-state index is 10.9. The number of nitrogens with zero attached hydrogens (tertiary/aromatic N) is 1. The fraction of sp³-hybridized carbons (Fsp3) is 0.462. The molecule has 0 radical (unpaired) electrons. The molecular weight excluding hydrogens is 218 g/mol. The first-order valence-corrected chi connectivity index (χ1v) is 5.85. The highest BCUT2D eigenvalue weighted by Gasteiger charge is 2.24. The molecule has 17 heavy (non-hydrogen) atoms. The van der Waals surface area contributed by atoms with Crippen molar-refractivity contribution in [1.29, 1.82) is 0 Å². The Kier molecular flexibility index (Phi) is 3.22.